The maximum atomic E-state index is 13.2. The molecule has 1 unspecified atom stereocenters. The van der Waals surface area contributed by atoms with Crippen LogP contribution >= 0.6 is 7.60 Å². The lowest BCUT2D eigenvalue weighted by Gasteiger charge is -2.36. The predicted octanol–water partition coefficient (Wildman–Crippen LogP) is 9.30. The number of amides is 1. The van der Waals surface area contributed by atoms with E-state index in [-0.39, 0.29) is 30.8 Å². The second-order valence-electron chi connectivity index (χ2n) is 12.5. The van der Waals surface area contributed by atoms with Crippen molar-refractivity contribution in [1.82, 2.24) is 5.32 Å². The van der Waals surface area contributed by atoms with Crippen LogP contribution in [0.4, 0.5) is 4.79 Å². The highest BCUT2D eigenvalue weighted by Crippen LogP contribution is 2.49. The van der Waals surface area contributed by atoms with Crippen molar-refractivity contribution in [3.63, 3.8) is 0 Å². The quantitative estimate of drug-likeness (QED) is 0.149. The highest BCUT2D eigenvalue weighted by molar-refractivity contribution is 7.57. The highest BCUT2D eigenvalue weighted by atomic mass is 31.2. The molecule has 0 aromatic heterocycles. The van der Waals surface area contributed by atoms with E-state index in [9.17, 15) is 9.36 Å². The Kier molecular flexibility index (Phi) is 11.0. The summed E-state index contributed by atoms with van der Waals surface area (Å²) in [4.78, 5) is 13.2. The number of carbonyl (C=O) groups is 1. The third kappa shape index (κ3) is 8.30. The Labute approximate surface area is 263 Å². The minimum atomic E-state index is -3.46. The summed E-state index contributed by atoms with van der Waals surface area (Å²) in [5.41, 5.74) is 5.60. The van der Waals surface area contributed by atoms with Crippen molar-refractivity contribution in [3.05, 3.63) is 101 Å². The monoisotopic (exact) mass is 635 g/mol. The molecule has 0 bridgehead atoms. The first kappa shape index (κ1) is 33.7. The molecule has 9 heteroatoms. The molecule has 0 saturated heterocycles. The normalized spacial score (nSPS) is 14.2. The van der Waals surface area contributed by atoms with E-state index in [1.165, 1.54) is 16.9 Å². The number of ether oxygens (including phenoxy) is 1. The van der Waals surface area contributed by atoms with E-state index in [0.29, 0.717) is 6.42 Å². The molecule has 236 valence electrons. The van der Waals surface area contributed by atoms with Crippen molar-refractivity contribution >= 4 is 22.0 Å². The van der Waals surface area contributed by atoms with Gasteiger partial charge in [0.25, 0.3) is 0 Å². The smallest absolute Gasteiger partial charge is 0.407 e. The lowest BCUT2D eigenvalue weighted by Crippen LogP contribution is -2.43. The fourth-order valence-electron chi connectivity index (χ4n) is 5.05. The second-order valence-corrected chi connectivity index (χ2v) is 19.1. The Morgan fingerprint density at radius 2 is 1.45 bits per heavy atom. The highest BCUT2D eigenvalue weighted by Gasteiger charge is 2.39. The summed E-state index contributed by atoms with van der Waals surface area (Å²) in [5.74, 6) is 2.21. The minimum Gasteiger partial charge on any atom is -0.544 e. The largest absolute Gasteiger partial charge is 0.544 e. The van der Waals surface area contributed by atoms with Crippen LogP contribution in [0.5, 0.6) is 5.75 Å². The fourth-order valence-corrected chi connectivity index (χ4v) is 7.46. The maximum Gasteiger partial charge on any atom is 0.407 e. The molecule has 0 spiro atoms. The van der Waals surface area contributed by atoms with Crippen LogP contribution in [0.2, 0.25) is 18.1 Å². The average molecular weight is 636 g/mol. The summed E-state index contributed by atoms with van der Waals surface area (Å²) in [5, 5.41) is 3.05. The van der Waals surface area contributed by atoms with E-state index in [2.05, 4.69) is 63.4 Å². The summed E-state index contributed by atoms with van der Waals surface area (Å²) < 4.78 is 36.3. The predicted molar refractivity (Wildman–Crippen MR) is 180 cm³/mol. The first-order valence-corrected chi connectivity index (χ1v) is 19.9. The fraction of sp³-hybridized carbons (Fsp3) is 0.400. The summed E-state index contributed by atoms with van der Waals surface area (Å²) >= 11 is 0. The average Bonchev–Trinajstić information content (AvgIpc) is 3.29. The van der Waals surface area contributed by atoms with Crippen molar-refractivity contribution in [2.75, 3.05) is 19.8 Å². The van der Waals surface area contributed by atoms with E-state index in [1.807, 2.05) is 48.5 Å². The van der Waals surface area contributed by atoms with E-state index in [0.717, 1.165) is 22.4 Å². The zero-order valence-electron chi connectivity index (χ0n) is 27.0. The van der Waals surface area contributed by atoms with Crippen LogP contribution in [0.15, 0.2) is 84.7 Å². The number of carbonyl (C=O) groups excluding carboxylic acids is 1. The standard InChI is InChI=1S/C35H46NO6PSi/c1-8-40-43(38,41-9-2)23-22-27(24-26-18-20-28(21-19-26)42-44(6,7)35(3,4)5)36-34(37)39-25-33-31-16-12-10-14-29(31)30-15-11-13-17-32(30)33/h10-23,27,33H,8-9,24-25H2,1-7H3,(H,36,37). The summed E-state index contributed by atoms with van der Waals surface area (Å²) in [6, 6.07) is 23.9. The van der Waals surface area contributed by atoms with Gasteiger partial charge in [0, 0.05) is 11.7 Å². The lowest BCUT2D eigenvalue weighted by molar-refractivity contribution is 0.140. The van der Waals surface area contributed by atoms with Gasteiger partial charge in [-0.2, -0.15) is 0 Å². The Hall–Kier alpha value is -3.16. The molecule has 4 rings (SSSR count). The molecule has 7 nitrogen and oxygen atoms in total. The van der Waals surface area contributed by atoms with Crippen molar-refractivity contribution in [3.8, 4) is 16.9 Å². The Balaban J connectivity index is 1.49. The van der Waals surface area contributed by atoms with Gasteiger partial charge in [-0.25, -0.2) is 4.79 Å². The van der Waals surface area contributed by atoms with Gasteiger partial charge in [0.1, 0.15) is 12.4 Å². The van der Waals surface area contributed by atoms with Gasteiger partial charge in [0.05, 0.1) is 19.3 Å². The number of rotatable bonds is 13. The van der Waals surface area contributed by atoms with Crippen molar-refractivity contribution < 1.29 is 27.6 Å². The number of fused-ring (bicyclic) bond motifs is 3. The van der Waals surface area contributed by atoms with Crippen molar-refractivity contribution in [1.29, 1.82) is 0 Å². The maximum absolute atomic E-state index is 13.2. The number of nitrogens with one attached hydrogen (secondary N) is 1. The third-order valence-corrected chi connectivity index (χ3v) is 14.5. The molecule has 0 heterocycles. The van der Waals surface area contributed by atoms with Crippen LogP contribution in [-0.2, 0) is 24.8 Å². The van der Waals surface area contributed by atoms with Crippen LogP contribution in [-0.4, -0.2) is 40.3 Å². The molecule has 0 saturated carbocycles. The van der Waals surface area contributed by atoms with Gasteiger partial charge in [-0.3, -0.25) is 4.57 Å². The number of benzene rings is 3. The number of hydrogen-bond donors (Lipinski definition) is 1. The van der Waals surface area contributed by atoms with Crippen LogP contribution < -0.4 is 9.74 Å². The van der Waals surface area contributed by atoms with Crippen molar-refractivity contribution in [2.45, 2.75) is 71.1 Å². The van der Waals surface area contributed by atoms with Crippen LogP contribution in [0.25, 0.3) is 11.1 Å². The number of hydrogen-bond acceptors (Lipinski definition) is 6. The van der Waals surface area contributed by atoms with Crippen LogP contribution in [0.1, 0.15) is 57.2 Å². The summed E-state index contributed by atoms with van der Waals surface area (Å²) in [6.45, 7) is 15.3. The molecule has 3 aromatic carbocycles. The van der Waals surface area contributed by atoms with Crippen molar-refractivity contribution in [2.24, 2.45) is 0 Å². The molecule has 1 amide bonds. The Morgan fingerprint density at radius 1 is 0.909 bits per heavy atom. The Morgan fingerprint density at radius 3 is 1.98 bits per heavy atom. The second kappa shape index (κ2) is 14.3. The Bertz CT molecular complexity index is 1440. The van der Waals surface area contributed by atoms with E-state index >= 15 is 0 Å². The molecule has 1 N–H and O–H groups in total. The zero-order chi connectivity index (χ0) is 32.0. The summed E-state index contributed by atoms with van der Waals surface area (Å²) in [7, 11) is -5.44. The van der Waals surface area contributed by atoms with Gasteiger partial charge in [0.15, 0.2) is 0 Å². The van der Waals surface area contributed by atoms with E-state index in [4.69, 9.17) is 18.2 Å². The molecular formula is C35H46NO6PSi. The molecule has 1 atom stereocenters. The van der Waals surface area contributed by atoms with Gasteiger partial charge in [-0.05, 0) is 78.4 Å². The van der Waals surface area contributed by atoms with E-state index in [1.54, 1.807) is 19.9 Å². The van der Waals surface area contributed by atoms with Gasteiger partial charge in [-0.15, -0.1) is 0 Å². The van der Waals surface area contributed by atoms with Crippen LogP contribution in [0, 0.1) is 0 Å². The first-order chi connectivity index (χ1) is 20.9. The SMILES string of the molecule is CCOP(=O)(C=CC(Cc1ccc(O[Si](C)(C)C(C)(C)C)cc1)NC(=O)OCC1c2ccccc2-c2ccccc21)OCC. The van der Waals surface area contributed by atoms with Gasteiger partial charge >= 0.3 is 13.7 Å². The van der Waals surface area contributed by atoms with Gasteiger partial charge in [-0.1, -0.05) is 87.5 Å². The zero-order valence-corrected chi connectivity index (χ0v) is 28.9. The molecule has 44 heavy (non-hydrogen) atoms. The molecule has 0 aliphatic heterocycles. The van der Waals surface area contributed by atoms with Gasteiger partial charge < -0.3 is 23.5 Å². The van der Waals surface area contributed by atoms with E-state index < -0.39 is 28.0 Å². The molecule has 3 aromatic rings. The van der Waals surface area contributed by atoms with Gasteiger partial charge in [0.2, 0.25) is 8.32 Å². The number of alkyl carbamates (subject to hydrolysis) is 1. The molecule has 0 radical (unpaired) electrons. The third-order valence-electron chi connectivity index (χ3n) is 8.32. The lowest BCUT2D eigenvalue weighted by atomic mass is 9.98. The molecule has 1 aliphatic rings. The minimum absolute atomic E-state index is 0.0493. The van der Waals surface area contributed by atoms with Crippen LogP contribution in [0.3, 0.4) is 0 Å². The first-order valence-electron chi connectivity index (χ1n) is 15.3. The molecule has 0 fully saturated rings. The summed E-state index contributed by atoms with van der Waals surface area (Å²) in [6.07, 6.45) is 1.56. The molecular weight excluding hydrogens is 589 g/mol. The topological polar surface area (TPSA) is 83.1 Å². The molecule has 1 aliphatic carbocycles.